The van der Waals surface area contributed by atoms with Crippen molar-refractivity contribution in [2.45, 2.75) is 110 Å². The Morgan fingerprint density at radius 1 is 0.885 bits per heavy atom. The number of hydrogen-bond acceptors (Lipinski definition) is 3. The second-order valence-corrected chi connectivity index (χ2v) is 7.77. The van der Waals surface area contributed by atoms with E-state index in [9.17, 15) is 5.11 Å². The largest absolute Gasteiger partial charge is 0.396 e. The summed E-state index contributed by atoms with van der Waals surface area (Å²) in [6.45, 7) is 4.39. The Labute approximate surface area is 163 Å². The van der Waals surface area contributed by atoms with Crippen molar-refractivity contribution >= 4 is 6.34 Å². The van der Waals surface area contributed by atoms with E-state index in [1.54, 1.807) is 0 Å². The first-order chi connectivity index (χ1) is 12.9. The Kier molecular flexibility index (Phi) is 15.7. The zero-order valence-corrected chi connectivity index (χ0v) is 17.4. The summed E-state index contributed by atoms with van der Waals surface area (Å²) in [4.78, 5) is 6.46. The van der Waals surface area contributed by atoms with Crippen LogP contribution in [0.2, 0.25) is 0 Å². The number of aliphatic hydroxyl groups excluding tert-OH is 1. The van der Waals surface area contributed by atoms with Gasteiger partial charge in [-0.1, -0.05) is 96.5 Å². The number of hydrogen-bond donors (Lipinski definition) is 1. The normalized spacial score (nSPS) is 14.5. The van der Waals surface area contributed by atoms with Crippen molar-refractivity contribution < 1.29 is 5.11 Å². The van der Waals surface area contributed by atoms with Crippen LogP contribution in [0.1, 0.15) is 110 Å². The van der Waals surface area contributed by atoms with E-state index >= 15 is 0 Å². The molecule has 26 heavy (non-hydrogen) atoms. The van der Waals surface area contributed by atoms with Crippen molar-refractivity contribution in [3.63, 3.8) is 0 Å². The van der Waals surface area contributed by atoms with E-state index in [-0.39, 0.29) is 6.61 Å². The van der Waals surface area contributed by atoms with Gasteiger partial charge in [0.15, 0.2) is 0 Å². The van der Waals surface area contributed by atoms with Gasteiger partial charge in [-0.15, -0.1) is 0 Å². The SMILES string of the molecule is CCCCCCCCCCCCCCCCC=C(CCO)N1C=NCC1. The van der Waals surface area contributed by atoms with Crippen molar-refractivity contribution in [2.24, 2.45) is 4.99 Å². The molecule has 0 aromatic heterocycles. The van der Waals surface area contributed by atoms with E-state index < -0.39 is 0 Å². The van der Waals surface area contributed by atoms with Crippen LogP contribution in [0, 0.1) is 0 Å². The average molecular weight is 365 g/mol. The maximum Gasteiger partial charge on any atom is 0.0893 e. The highest BCUT2D eigenvalue weighted by Crippen LogP contribution is 2.15. The Hall–Kier alpha value is -0.830. The number of rotatable bonds is 18. The van der Waals surface area contributed by atoms with Crippen LogP contribution in [0.15, 0.2) is 16.8 Å². The molecular weight excluding hydrogens is 320 g/mol. The van der Waals surface area contributed by atoms with E-state index in [0.29, 0.717) is 0 Å². The molecule has 0 saturated carbocycles. The zero-order chi connectivity index (χ0) is 18.7. The number of aliphatic hydroxyl groups is 1. The summed E-state index contributed by atoms with van der Waals surface area (Å²) in [5, 5.41) is 9.21. The molecule has 0 radical (unpaired) electrons. The Morgan fingerprint density at radius 2 is 1.42 bits per heavy atom. The summed E-state index contributed by atoms with van der Waals surface area (Å²) in [5.41, 5.74) is 1.25. The topological polar surface area (TPSA) is 35.8 Å². The minimum atomic E-state index is 0.231. The minimum Gasteiger partial charge on any atom is -0.396 e. The summed E-state index contributed by atoms with van der Waals surface area (Å²) in [6, 6.07) is 0. The maximum absolute atomic E-state index is 9.21. The molecule has 0 aliphatic carbocycles. The zero-order valence-electron chi connectivity index (χ0n) is 17.4. The highest BCUT2D eigenvalue weighted by atomic mass is 16.3. The fourth-order valence-electron chi connectivity index (χ4n) is 3.68. The van der Waals surface area contributed by atoms with Crippen molar-refractivity contribution in [3.05, 3.63) is 11.8 Å². The van der Waals surface area contributed by atoms with Gasteiger partial charge in [0.25, 0.3) is 0 Å². The number of nitrogens with zero attached hydrogens (tertiary/aromatic N) is 2. The molecule has 0 aromatic carbocycles. The lowest BCUT2D eigenvalue weighted by Crippen LogP contribution is -2.19. The van der Waals surface area contributed by atoms with Gasteiger partial charge < -0.3 is 10.0 Å². The lowest BCUT2D eigenvalue weighted by atomic mass is 10.0. The van der Waals surface area contributed by atoms with E-state index in [4.69, 9.17) is 0 Å². The molecule has 1 heterocycles. The van der Waals surface area contributed by atoms with Gasteiger partial charge in [0.2, 0.25) is 0 Å². The molecule has 152 valence electrons. The van der Waals surface area contributed by atoms with Crippen LogP contribution in [0.25, 0.3) is 0 Å². The number of unbranched alkanes of at least 4 members (excludes halogenated alkanes) is 14. The van der Waals surface area contributed by atoms with E-state index in [1.807, 2.05) is 6.34 Å². The van der Waals surface area contributed by atoms with Gasteiger partial charge >= 0.3 is 0 Å². The molecule has 3 nitrogen and oxygen atoms in total. The highest BCUT2D eigenvalue weighted by molar-refractivity contribution is 5.60. The van der Waals surface area contributed by atoms with Crippen LogP contribution in [-0.4, -0.2) is 36.0 Å². The minimum absolute atomic E-state index is 0.231. The molecular formula is C23H44N2O. The summed E-state index contributed by atoms with van der Waals surface area (Å²) in [7, 11) is 0. The molecule has 0 unspecified atom stereocenters. The average Bonchev–Trinajstić information content (AvgIpc) is 3.18. The van der Waals surface area contributed by atoms with Crippen molar-refractivity contribution in [1.29, 1.82) is 0 Å². The lowest BCUT2D eigenvalue weighted by molar-refractivity contribution is 0.289. The van der Waals surface area contributed by atoms with Gasteiger partial charge in [0.1, 0.15) is 0 Å². The summed E-state index contributed by atoms with van der Waals surface area (Å²) in [6.07, 6.45) is 25.9. The molecule has 0 spiro atoms. The molecule has 0 fully saturated rings. The molecule has 0 bridgehead atoms. The molecule has 1 aliphatic heterocycles. The lowest BCUT2D eigenvalue weighted by Gasteiger charge is -2.17. The summed E-state index contributed by atoms with van der Waals surface area (Å²) in [5.74, 6) is 0. The highest BCUT2D eigenvalue weighted by Gasteiger charge is 2.09. The van der Waals surface area contributed by atoms with Crippen LogP contribution in [0.5, 0.6) is 0 Å². The van der Waals surface area contributed by atoms with Crippen molar-refractivity contribution in [3.8, 4) is 0 Å². The Morgan fingerprint density at radius 3 is 1.88 bits per heavy atom. The Bertz CT molecular complexity index is 365. The predicted molar refractivity (Wildman–Crippen MR) is 115 cm³/mol. The summed E-state index contributed by atoms with van der Waals surface area (Å²) >= 11 is 0. The molecule has 0 atom stereocenters. The molecule has 1 rings (SSSR count). The quantitative estimate of drug-likeness (QED) is 0.283. The van der Waals surface area contributed by atoms with E-state index in [0.717, 1.165) is 25.9 Å². The third-order valence-corrected chi connectivity index (χ3v) is 5.37. The van der Waals surface area contributed by atoms with Gasteiger partial charge in [-0.25, -0.2) is 0 Å². The molecule has 1 N–H and O–H groups in total. The Balaban J connectivity index is 1.86. The van der Waals surface area contributed by atoms with Gasteiger partial charge in [-0.2, -0.15) is 0 Å². The molecule has 3 heteroatoms. The molecule has 1 aliphatic rings. The molecule has 0 aromatic rings. The molecule has 0 saturated heterocycles. The number of allylic oxidation sites excluding steroid dienone is 1. The first-order valence-electron chi connectivity index (χ1n) is 11.4. The molecule has 0 amide bonds. The van der Waals surface area contributed by atoms with Crippen LogP contribution in [-0.2, 0) is 0 Å². The first kappa shape index (κ1) is 23.2. The smallest absolute Gasteiger partial charge is 0.0893 e. The van der Waals surface area contributed by atoms with E-state index in [2.05, 4.69) is 22.9 Å². The van der Waals surface area contributed by atoms with E-state index in [1.165, 1.54) is 95.6 Å². The third kappa shape index (κ3) is 12.5. The third-order valence-electron chi connectivity index (χ3n) is 5.37. The van der Waals surface area contributed by atoms with Gasteiger partial charge in [-0.3, -0.25) is 4.99 Å². The van der Waals surface area contributed by atoms with Crippen LogP contribution in [0.3, 0.4) is 0 Å². The van der Waals surface area contributed by atoms with Crippen LogP contribution >= 0.6 is 0 Å². The van der Waals surface area contributed by atoms with Crippen molar-refractivity contribution in [1.82, 2.24) is 4.90 Å². The second-order valence-electron chi connectivity index (χ2n) is 7.77. The number of aliphatic imine (C=N–C) groups is 1. The second kappa shape index (κ2) is 17.6. The van der Waals surface area contributed by atoms with Gasteiger partial charge in [0, 0.05) is 25.3 Å². The first-order valence-corrected chi connectivity index (χ1v) is 11.4. The monoisotopic (exact) mass is 364 g/mol. The van der Waals surface area contributed by atoms with Crippen LogP contribution in [0.4, 0.5) is 0 Å². The van der Waals surface area contributed by atoms with Crippen molar-refractivity contribution in [2.75, 3.05) is 19.7 Å². The predicted octanol–water partition coefficient (Wildman–Crippen LogP) is 6.47. The maximum atomic E-state index is 9.21. The van der Waals surface area contributed by atoms with Gasteiger partial charge in [0.05, 0.1) is 12.9 Å². The van der Waals surface area contributed by atoms with Crippen LogP contribution < -0.4 is 0 Å². The summed E-state index contributed by atoms with van der Waals surface area (Å²) < 4.78 is 0. The fraction of sp³-hybridized carbons (Fsp3) is 0.870. The standard InChI is InChI=1S/C23H44N2O/c1-2-3-4-5-6-7-8-9-10-11-12-13-14-15-16-17-23(18-21-26)25-20-19-24-22-25/h17,22,26H,2-16,18-21H2,1H3. The van der Waals surface area contributed by atoms with Gasteiger partial charge in [-0.05, 0) is 12.8 Å². The fourth-order valence-corrected chi connectivity index (χ4v) is 3.68.